The molecule has 0 aliphatic carbocycles. The van der Waals surface area contributed by atoms with Crippen molar-refractivity contribution in [1.82, 2.24) is 0 Å². The molecule has 3 N–H and O–H groups in total. The van der Waals surface area contributed by atoms with Crippen molar-refractivity contribution in [2.75, 3.05) is 5.32 Å². The smallest absolute Gasteiger partial charge is 0.256 e. The van der Waals surface area contributed by atoms with Crippen molar-refractivity contribution in [3.8, 4) is 0 Å². The first-order valence-electron chi connectivity index (χ1n) is 8.27. The fraction of sp³-hybridized carbons (Fsp3) is 0. The van der Waals surface area contributed by atoms with Crippen molar-refractivity contribution in [2.45, 2.75) is 0 Å². The Balaban J connectivity index is 1.92. The maximum absolute atomic E-state index is 12.9. The van der Waals surface area contributed by atoms with Crippen LogP contribution in [0.25, 0.3) is 11.6 Å². The van der Waals surface area contributed by atoms with E-state index in [2.05, 4.69) is 5.32 Å². The van der Waals surface area contributed by atoms with Gasteiger partial charge in [0, 0.05) is 21.8 Å². The number of anilines is 1. The van der Waals surface area contributed by atoms with Gasteiger partial charge in [-0.15, -0.1) is 0 Å². The van der Waals surface area contributed by atoms with Crippen LogP contribution >= 0.6 is 11.6 Å². The number of hydrogen-bond acceptors (Lipinski definition) is 2. The molecule has 0 spiro atoms. The zero-order valence-electron chi connectivity index (χ0n) is 14.4. The minimum absolute atomic E-state index is 0.270. The average Bonchev–Trinajstić information content (AvgIpc) is 2.68. The Morgan fingerprint density at radius 3 is 2.00 bits per heavy atom. The molecule has 27 heavy (non-hydrogen) atoms. The van der Waals surface area contributed by atoms with Gasteiger partial charge in [0.2, 0.25) is 5.91 Å². The van der Waals surface area contributed by atoms with Crippen LogP contribution in [-0.2, 0) is 4.79 Å². The van der Waals surface area contributed by atoms with Crippen LogP contribution in [0.4, 0.5) is 5.69 Å². The number of halogens is 1. The number of carbonyl (C=O) groups excluding carboxylic acids is 2. The van der Waals surface area contributed by atoms with Crippen LogP contribution in [-0.4, -0.2) is 11.8 Å². The molecule has 134 valence electrons. The number of nitrogens with two attached hydrogens (primary N) is 1. The van der Waals surface area contributed by atoms with Gasteiger partial charge in [-0.2, -0.15) is 0 Å². The predicted octanol–water partition coefficient (Wildman–Crippen LogP) is 4.62. The number of hydrogen-bond donors (Lipinski definition) is 2. The summed E-state index contributed by atoms with van der Waals surface area (Å²) >= 11 is 5.97. The van der Waals surface area contributed by atoms with Crippen molar-refractivity contribution in [1.29, 1.82) is 0 Å². The fourth-order valence-corrected chi connectivity index (χ4v) is 2.67. The van der Waals surface area contributed by atoms with Crippen LogP contribution in [0.1, 0.15) is 21.5 Å². The van der Waals surface area contributed by atoms with Crippen LogP contribution in [0.5, 0.6) is 0 Å². The molecule has 0 aliphatic rings. The van der Waals surface area contributed by atoms with Gasteiger partial charge < -0.3 is 11.1 Å². The van der Waals surface area contributed by atoms with E-state index in [1.807, 2.05) is 36.4 Å². The molecule has 0 saturated carbocycles. The topological polar surface area (TPSA) is 72.2 Å². The van der Waals surface area contributed by atoms with E-state index in [4.69, 9.17) is 17.3 Å². The lowest BCUT2D eigenvalue weighted by molar-refractivity contribution is -0.111. The highest BCUT2D eigenvalue weighted by atomic mass is 35.5. The quantitative estimate of drug-likeness (QED) is 0.503. The van der Waals surface area contributed by atoms with E-state index in [0.29, 0.717) is 21.8 Å². The zero-order chi connectivity index (χ0) is 19.2. The maximum atomic E-state index is 12.9. The Labute approximate surface area is 162 Å². The standard InChI is InChI=1S/C22H17ClN2O2/c23-18-10-6-16(7-11-18)20(14-15-4-2-1-3-5-15)22(27)25-19-12-8-17(9-13-19)21(24)26/h1-14H,(H2,24,26)(H,25,27)/b20-14+. The lowest BCUT2D eigenvalue weighted by Crippen LogP contribution is -2.14. The molecule has 0 heterocycles. The molecule has 0 bridgehead atoms. The SMILES string of the molecule is NC(=O)c1ccc(NC(=O)/C(=C/c2ccccc2)c2ccc(Cl)cc2)cc1. The molecule has 3 aromatic rings. The molecule has 0 unspecified atom stereocenters. The monoisotopic (exact) mass is 376 g/mol. The van der Waals surface area contributed by atoms with Gasteiger partial charge >= 0.3 is 0 Å². The molecule has 0 aromatic heterocycles. The second kappa shape index (κ2) is 8.34. The van der Waals surface area contributed by atoms with Crippen LogP contribution in [0.3, 0.4) is 0 Å². The van der Waals surface area contributed by atoms with E-state index >= 15 is 0 Å². The summed E-state index contributed by atoms with van der Waals surface area (Å²) in [6.07, 6.45) is 1.82. The second-order valence-corrected chi connectivity index (χ2v) is 6.31. The summed E-state index contributed by atoms with van der Waals surface area (Å²) in [6, 6.07) is 23.1. The first-order valence-corrected chi connectivity index (χ1v) is 8.64. The van der Waals surface area contributed by atoms with Crippen molar-refractivity contribution < 1.29 is 9.59 Å². The first kappa shape index (κ1) is 18.4. The van der Waals surface area contributed by atoms with Crippen LogP contribution in [0.15, 0.2) is 78.9 Å². The van der Waals surface area contributed by atoms with E-state index in [1.165, 1.54) is 0 Å². The fourth-order valence-electron chi connectivity index (χ4n) is 2.54. The van der Waals surface area contributed by atoms with Crippen LogP contribution < -0.4 is 11.1 Å². The molecule has 0 aliphatic heterocycles. The molecular formula is C22H17ClN2O2. The Kier molecular flexibility index (Phi) is 5.69. The third-order valence-corrected chi connectivity index (χ3v) is 4.19. The van der Waals surface area contributed by atoms with Gasteiger partial charge in [0.15, 0.2) is 0 Å². The van der Waals surface area contributed by atoms with E-state index in [1.54, 1.807) is 48.5 Å². The van der Waals surface area contributed by atoms with Crippen molar-refractivity contribution in [2.24, 2.45) is 5.73 Å². The molecule has 4 nitrogen and oxygen atoms in total. The predicted molar refractivity (Wildman–Crippen MR) is 109 cm³/mol. The number of amides is 2. The molecule has 5 heteroatoms. The number of nitrogens with one attached hydrogen (secondary N) is 1. The lowest BCUT2D eigenvalue weighted by Gasteiger charge is -2.10. The summed E-state index contributed by atoms with van der Waals surface area (Å²) in [6.45, 7) is 0. The lowest BCUT2D eigenvalue weighted by atomic mass is 10.0. The Morgan fingerprint density at radius 1 is 0.815 bits per heavy atom. The Morgan fingerprint density at radius 2 is 1.41 bits per heavy atom. The summed E-state index contributed by atoms with van der Waals surface area (Å²) in [4.78, 5) is 24.1. The van der Waals surface area contributed by atoms with E-state index in [0.717, 1.165) is 11.1 Å². The second-order valence-electron chi connectivity index (χ2n) is 5.87. The molecule has 0 atom stereocenters. The Bertz CT molecular complexity index is 979. The number of carbonyl (C=O) groups is 2. The number of primary amides is 1. The normalized spacial score (nSPS) is 11.1. The highest BCUT2D eigenvalue weighted by Crippen LogP contribution is 2.22. The summed E-state index contributed by atoms with van der Waals surface area (Å²) in [7, 11) is 0. The van der Waals surface area contributed by atoms with Crippen molar-refractivity contribution >= 4 is 40.8 Å². The average molecular weight is 377 g/mol. The minimum atomic E-state index is -0.515. The largest absolute Gasteiger partial charge is 0.366 e. The zero-order valence-corrected chi connectivity index (χ0v) is 15.1. The van der Waals surface area contributed by atoms with Gasteiger partial charge in [-0.3, -0.25) is 9.59 Å². The van der Waals surface area contributed by atoms with Gasteiger partial charge in [-0.25, -0.2) is 0 Å². The summed E-state index contributed by atoms with van der Waals surface area (Å²) in [5, 5.41) is 3.45. The molecule has 0 radical (unpaired) electrons. The molecule has 3 aromatic carbocycles. The highest BCUT2D eigenvalue weighted by Gasteiger charge is 2.13. The summed E-state index contributed by atoms with van der Waals surface area (Å²) < 4.78 is 0. The van der Waals surface area contributed by atoms with E-state index in [9.17, 15) is 9.59 Å². The third kappa shape index (κ3) is 4.84. The van der Waals surface area contributed by atoms with Gasteiger partial charge in [-0.05, 0) is 53.6 Å². The molecule has 0 fully saturated rings. The molecular weight excluding hydrogens is 360 g/mol. The third-order valence-electron chi connectivity index (χ3n) is 3.94. The van der Waals surface area contributed by atoms with E-state index in [-0.39, 0.29) is 5.91 Å². The Hall–Kier alpha value is -3.37. The minimum Gasteiger partial charge on any atom is -0.366 e. The summed E-state index contributed by atoms with van der Waals surface area (Å²) in [5.41, 5.74) is 8.34. The van der Waals surface area contributed by atoms with Gasteiger partial charge in [0.25, 0.3) is 5.91 Å². The van der Waals surface area contributed by atoms with Crippen LogP contribution in [0, 0.1) is 0 Å². The number of benzene rings is 3. The molecule has 0 saturated heterocycles. The van der Waals surface area contributed by atoms with Crippen molar-refractivity contribution in [3.63, 3.8) is 0 Å². The summed E-state index contributed by atoms with van der Waals surface area (Å²) in [5.74, 6) is -0.785. The number of rotatable bonds is 5. The first-order chi connectivity index (χ1) is 13.0. The van der Waals surface area contributed by atoms with Crippen LogP contribution in [0.2, 0.25) is 5.02 Å². The van der Waals surface area contributed by atoms with E-state index < -0.39 is 5.91 Å². The molecule has 3 rings (SSSR count). The van der Waals surface area contributed by atoms with Gasteiger partial charge in [-0.1, -0.05) is 54.1 Å². The molecule has 2 amide bonds. The maximum Gasteiger partial charge on any atom is 0.256 e. The van der Waals surface area contributed by atoms with Crippen molar-refractivity contribution in [3.05, 3.63) is 101 Å². The van der Waals surface area contributed by atoms with Gasteiger partial charge in [0.05, 0.1) is 0 Å². The highest BCUT2D eigenvalue weighted by molar-refractivity contribution is 6.31. The van der Waals surface area contributed by atoms with Gasteiger partial charge in [0.1, 0.15) is 0 Å².